The number of nitrogens with zero attached hydrogens (tertiary/aromatic N) is 1. The highest BCUT2D eigenvalue weighted by Crippen LogP contribution is 2.26. The number of amides is 1. The van der Waals surface area contributed by atoms with Crippen molar-refractivity contribution in [2.45, 2.75) is 6.54 Å². The number of nitrogens with one attached hydrogen (secondary N) is 1. The van der Waals surface area contributed by atoms with E-state index in [4.69, 9.17) is 0 Å². The second-order valence-electron chi connectivity index (χ2n) is 4.32. The van der Waals surface area contributed by atoms with Crippen molar-refractivity contribution in [3.05, 3.63) is 63.6 Å². The van der Waals surface area contributed by atoms with Crippen LogP contribution in [0.25, 0.3) is 10.2 Å². The van der Waals surface area contributed by atoms with Gasteiger partial charge in [0.25, 0.3) is 5.91 Å². The van der Waals surface area contributed by atoms with Crippen LogP contribution in [-0.4, -0.2) is 10.9 Å². The minimum atomic E-state index is -0.0692. The molecule has 0 spiro atoms. The van der Waals surface area contributed by atoms with Crippen molar-refractivity contribution in [3.8, 4) is 0 Å². The van der Waals surface area contributed by atoms with E-state index in [0.29, 0.717) is 12.1 Å². The van der Waals surface area contributed by atoms with Gasteiger partial charge in [-0.15, -0.1) is 11.3 Å². The molecule has 0 aliphatic heterocycles. The van der Waals surface area contributed by atoms with E-state index in [2.05, 4.69) is 26.2 Å². The minimum absolute atomic E-state index is 0.0692. The SMILES string of the molecule is O=C(NCc1ccccc1)c1ccc2nc(Br)sc2c1. The van der Waals surface area contributed by atoms with E-state index in [1.807, 2.05) is 42.5 Å². The number of hydrogen-bond donors (Lipinski definition) is 1. The lowest BCUT2D eigenvalue weighted by molar-refractivity contribution is 0.0951. The van der Waals surface area contributed by atoms with Gasteiger partial charge < -0.3 is 5.32 Å². The van der Waals surface area contributed by atoms with Gasteiger partial charge in [-0.25, -0.2) is 4.98 Å². The van der Waals surface area contributed by atoms with Gasteiger partial charge in [0, 0.05) is 12.1 Å². The predicted octanol–water partition coefficient (Wildman–Crippen LogP) is 3.99. The zero-order chi connectivity index (χ0) is 13.9. The number of rotatable bonds is 3. The van der Waals surface area contributed by atoms with Crippen LogP contribution < -0.4 is 5.32 Å². The number of hydrogen-bond acceptors (Lipinski definition) is 3. The van der Waals surface area contributed by atoms with E-state index in [1.54, 1.807) is 6.07 Å². The lowest BCUT2D eigenvalue weighted by Gasteiger charge is -2.05. The standard InChI is InChI=1S/C15H11BrN2OS/c16-15-18-12-7-6-11(8-13(12)20-15)14(19)17-9-10-4-2-1-3-5-10/h1-8H,9H2,(H,17,19). The van der Waals surface area contributed by atoms with Crippen molar-refractivity contribution < 1.29 is 4.79 Å². The summed E-state index contributed by atoms with van der Waals surface area (Å²) in [7, 11) is 0. The fraction of sp³-hybridized carbons (Fsp3) is 0.0667. The molecule has 3 nitrogen and oxygen atoms in total. The summed E-state index contributed by atoms with van der Waals surface area (Å²) < 4.78 is 1.83. The smallest absolute Gasteiger partial charge is 0.251 e. The maximum Gasteiger partial charge on any atom is 0.251 e. The fourth-order valence-corrected chi connectivity index (χ4v) is 3.36. The van der Waals surface area contributed by atoms with Crippen LogP contribution in [0, 0.1) is 0 Å². The second kappa shape index (κ2) is 5.73. The van der Waals surface area contributed by atoms with Gasteiger partial charge in [-0.2, -0.15) is 0 Å². The molecule has 0 saturated carbocycles. The summed E-state index contributed by atoms with van der Waals surface area (Å²) in [6, 6.07) is 15.4. The number of aromatic nitrogens is 1. The zero-order valence-corrected chi connectivity index (χ0v) is 12.9. The van der Waals surface area contributed by atoms with Gasteiger partial charge in [-0.1, -0.05) is 30.3 Å². The van der Waals surface area contributed by atoms with Crippen molar-refractivity contribution in [3.63, 3.8) is 0 Å². The second-order valence-corrected chi connectivity index (χ2v) is 6.62. The maximum atomic E-state index is 12.1. The highest BCUT2D eigenvalue weighted by molar-refractivity contribution is 9.11. The molecule has 0 unspecified atom stereocenters. The molecule has 0 bridgehead atoms. The van der Waals surface area contributed by atoms with Gasteiger partial charge in [-0.05, 0) is 39.7 Å². The van der Waals surface area contributed by atoms with Crippen LogP contribution in [0.2, 0.25) is 0 Å². The van der Waals surface area contributed by atoms with Gasteiger partial charge >= 0.3 is 0 Å². The lowest BCUT2D eigenvalue weighted by Crippen LogP contribution is -2.22. The largest absolute Gasteiger partial charge is 0.348 e. The summed E-state index contributed by atoms with van der Waals surface area (Å²) >= 11 is 4.88. The molecule has 0 radical (unpaired) electrons. The van der Waals surface area contributed by atoms with Gasteiger partial charge in [0.15, 0.2) is 3.92 Å². The van der Waals surface area contributed by atoms with E-state index in [0.717, 1.165) is 19.7 Å². The van der Waals surface area contributed by atoms with Crippen molar-refractivity contribution in [1.29, 1.82) is 0 Å². The Labute approximate surface area is 128 Å². The van der Waals surface area contributed by atoms with E-state index in [9.17, 15) is 4.79 Å². The summed E-state index contributed by atoms with van der Waals surface area (Å²) in [5.74, 6) is -0.0692. The first-order valence-electron chi connectivity index (χ1n) is 6.10. The van der Waals surface area contributed by atoms with Crippen molar-refractivity contribution in [1.82, 2.24) is 10.3 Å². The third-order valence-corrected chi connectivity index (χ3v) is 4.39. The molecular formula is C15H11BrN2OS. The molecule has 3 aromatic rings. The number of benzene rings is 2. The summed E-state index contributed by atoms with van der Waals surface area (Å²) in [6.07, 6.45) is 0. The summed E-state index contributed by atoms with van der Waals surface area (Å²) in [5, 5.41) is 2.92. The molecular weight excluding hydrogens is 336 g/mol. The molecule has 0 fully saturated rings. The minimum Gasteiger partial charge on any atom is -0.348 e. The van der Waals surface area contributed by atoms with E-state index in [-0.39, 0.29) is 5.91 Å². The number of carbonyl (C=O) groups is 1. The summed E-state index contributed by atoms with van der Waals surface area (Å²) in [5.41, 5.74) is 2.65. The van der Waals surface area contributed by atoms with Gasteiger partial charge in [-0.3, -0.25) is 4.79 Å². The Balaban J connectivity index is 1.75. The Bertz CT molecular complexity index is 755. The number of fused-ring (bicyclic) bond motifs is 1. The summed E-state index contributed by atoms with van der Waals surface area (Å²) in [4.78, 5) is 16.4. The Morgan fingerprint density at radius 1 is 1.20 bits per heavy atom. The molecule has 1 N–H and O–H groups in total. The highest BCUT2D eigenvalue weighted by atomic mass is 79.9. The summed E-state index contributed by atoms with van der Waals surface area (Å²) in [6.45, 7) is 0.532. The fourth-order valence-electron chi connectivity index (χ4n) is 1.92. The molecule has 0 atom stereocenters. The van der Waals surface area contributed by atoms with Crippen LogP contribution in [0.15, 0.2) is 52.4 Å². The third-order valence-electron chi connectivity index (χ3n) is 2.92. The zero-order valence-electron chi connectivity index (χ0n) is 10.5. The van der Waals surface area contributed by atoms with Crippen LogP contribution in [0.5, 0.6) is 0 Å². The number of carbonyl (C=O) groups excluding carboxylic acids is 1. The van der Waals surface area contributed by atoms with Crippen LogP contribution in [-0.2, 0) is 6.54 Å². The van der Waals surface area contributed by atoms with Gasteiger partial charge in [0.1, 0.15) is 0 Å². The Kier molecular flexibility index (Phi) is 3.80. The van der Waals surface area contributed by atoms with Crippen molar-refractivity contribution in [2.75, 3.05) is 0 Å². The van der Waals surface area contributed by atoms with Crippen LogP contribution in [0.4, 0.5) is 0 Å². The highest BCUT2D eigenvalue weighted by Gasteiger charge is 2.08. The predicted molar refractivity (Wildman–Crippen MR) is 84.9 cm³/mol. The Morgan fingerprint density at radius 2 is 2.00 bits per heavy atom. The molecule has 0 aliphatic carbocycles. The molecule has 0 aliphatic rings. The Morgan fingerprint density at radius 3 is 2.80 bits per heavy atom. The van der Waals surface area contributed by atoms with E-state index < -0.39 is 0 Å². The van der Waals surface area contributed by atoms with Crippen LogP contribution >= 0.6 is 27.3 Å². The first kappa shape index (κ1) is 13.3. The average Bonchev–Trinajstić information content (AvgIpc) is 2.85. The van der Waals surface area contributed by atoms with Crippen LogP contribution in [0.3, 0.4) is 0 Å². The van der Waals surface area contributed by atoms with Crippen LogP contribution in [0.1, 0.15) is 15.9 Å². The average molecular weight is 347 g/mol. The number of halogens is 1. The first-order chi connectivity index (χ1) is 9.72. The molecule has 0 saturated heterocycles. The van der Waals surface area contributed by atoms with Crippen molar-refractivity contribution >= 4 is 43.4 Å². The third kappa shape index (κ3) is 2.89. The van der Waals surface area contributed by atoms with E-state index >= 15 is 0 Å². The quantitative estimate of drug-likeness (QED) is 0.778. The van der Waals surface area contributed by atoms with Gasteiger partial charge in [0.2, 0.25) is 0 Å². The molecule has 1 aromatic heterocycles. The molecule has 100 valence electrons. The number of thiazole rings is 1. The van der Waals surface area contributed by atoms with E-state index in [1.165, 1.54) is 11.3 Å². The lowest BCUT2D eigenvalue weighted by atomic mass is 10.2. The van der Waals surface area contributed by atoms with Crippen molar-refractivity contribution in [2.24, 2.45) is 0 Å². The molecule has 1 amide bonds. The molecule has 2 aromatic carbocycles. The normalized spacial score (nSPS) is 10.7. The molecule has 20 heavy (non-hydrogen) atoms. The maximum absolute atomic E-state index is 12.1. The first-order valence-corrected chi connectivity index (χ1v) is 7.71. The molecule has 1 heterocycles. The molecule has 5 heteroatoms. The Hall–Kier alpha value is -1.72. The topological polar surface area (TPSA) is 42.0 Å². The monoisotopic (exact) mass is 346 g/mol. The van der Waals surface area contributed by atoms with Gasteiger partial charge in [0.05, 0.1) is 10.2 Å². The molecule has 3 rings (SSSR count).